The molecule has 3 rings (SSSR count). The van der Waals surface area contributed by atoms with E-state index in [0.717, 1.165) is 12.1 Å². The van der Waals surface area contributed by atoms with Crippen LogP contribution in [0, 0.1) is 30.3 Å². The Morgan fingerprint density at radius 1 is 0.862 bits per heavy atom. The largest absolute Gasteiger partial charge is 0.316 e. The zero-order chi connectivity index (χ0) is 21.0. The van der Waals surface area contributed by atoms with Crippen molar-refractivity contribution in [3.05, 3.63) is 96.8 Å². The van der Waals surface area contributed by atoms with Crippen LogP contribution in [0.15, 0.2) is 65.9 Å². The number of non-ortho nitro benzene ring substituents is 2. The Labute approximate surface area is 162 Å². The standard InChI is InChI=1S/C17H12N6O6/c24-21(25)13-5-3-12(4-6-13)20-9-1-2-15(20)11-18-19-16-8-7-14(22(26)27)10-17(16)23(28)29/h1-11,19H. The van der Waals surface area contributed by atoms with E-state index in [1.54, 1.807) is 35.0 Å². The molecular weight excluding hydrogens is 384 g/mol. The molecule has 0 atom stereocenters. The Morgan fingerprint density at radius 3 is 2.14 bits per heavy atom. The molecule has 29 heavy (non-hydrogen) atoms. The van der Waals surface area contributed by atoms with Crippen LogP contribution in [0.25, 0.3) is 5.69 Å². The van der Waals surface area contributed by atoms with E-state index in [1.165, 1.54) is 24.4 Å². The fraction of sp³-hybridized carbons (Fsp3) is 0. The quantitative estimate of drug-likeness (QED) is 0.362. The molecule has 0 bridgehead atoms. The van der Waals surface area contributed by atoms with Crippen molar-refractivity contribution in [3.63, 3.8) is 0 Å². The molecule has 1 N–H and O–H groups in total. The van der Waals surface area contributed by atoms with Gasteiger partial charge in [0.1, 0.15) is 5.69 Å². The summed E-state index contributed by atoms with van der Waals surface area (Å²) >= 11 is 0. The van der Waals surface area contributed by atoms with Crippen LogP contribution in [0.3, 0.4) is 0 Å². The van der Waals surface area contributed by atoms with Crippen molar-refractivity contribution in [2.45, 2.75) is 0 Å². The lowest BCUT2D eigenvalue weighted by Crippen LogP contribution is -2.01. The molecule has 1 aromatic heterocycles. The summed E-state index contributed by atoms with van der Waals surface area (Å²) in [4.78, 5) is 30.7. The van der Waals surface area contributed by atoms with Gasteiger partial charge in [0, 0.05) is 30.1 Å². The Balaban J connectivity index is 1.82. The normalized spacial score (nSPS) is 10.8. The predicted molar refractivity (Wildman–Crippen MR) is 103 cm³/mol. The second-order valence-corrected chi connectivity index (χ2v) is 5.66. The average molecular weight is 396 g/mol. The molecule has 12 nitrogen and oxygen atoms in total. The minimum Gasteiger partial charge on any atom is -0.316 e. The fourth-order valence-electron chi connectivity index (χ4n) is 2.52. The van der Waals surface area contributed by atoms with Crippen LogP contribution in [-0.2, 0) is 0 Å². The highest BCUT2D eigenvalue weighted by Gasteiger charge is 2.19. The Morgan fingerprint density at radius 2 is 1.52 bits per heavy atom. The summed E-state index contributed by atoms with van der Waals surface area (Å²) in [6.07, 6.45) is 3.11. The van der Waals surface area contributed by atoms with Crippen LogP contribution in [0.4, 0.5) is 22.7 Å². The lowest BCUT2D eigenvalue weighted by atomic mass is 10.2. The zero-order valence-corrected chi connectivity index (χ0v) is 14.5. The maximum absolute atomic E-state index is 11.1. The Bertz CT molecular complexity index is 1120. The number of benzene rings is 2. The number of anilines is 1. The van der Waals surface area contributed by atoms with Crippen molar-refractivity contribution in [2.24, 2.45) is 5.10 Å². The summed E-state index contributed by atoms with van der Waals surface area (Å²) in [7, 11) is 0. The van der Waals surface area contributed by atoms with E-state index in [1.807, 2.05) is 0 Å². The van der Waals surface area contributed by atoms with E-state index in [4.69, 9.17) is 0 Å². The van der Waals surface area contributed by atoms with Gasteiger partial charge in [-0.1, -0.05) is 0 Å². The monoisotopic (exact) mass is 396 g/mol. The number of hydrogen-bond donors (Lipinski definition) is 1. The molecule has 1 heterocycles. The number of hydrogen-bond acceptors (Lipinski definition) is 8. The molecule has 0 aliphatic rings. The molecule has 0 amide bonds. The van der Waals surface area contributed by atoms with Gasteiger partial charge in [0.2, 0.25) is 0 Å². The van der Waals surface area contributed by atoms with Crippen molar-refractivity contribution in [2.75, 3.05) is 5.43 Å². The molecule has 0 unspecified atom stereocenters. The number of nitro benzene ring substituents is 3. The van der Waals surface area contributed by atoms with Crippen molar-refractivity contribution in [1.82, 2.24) is 4.57 Å². The maximum atomic E-state index is 11.1. The number of aromatic nitrogens is 1. The third-order valence-electron chi connectivity index (χ3n) is 3.89. The van der Waals surface area contributed by atoms with Crippen LogP contribution in [-0.4, -0.2) is 25.6 Å². The average Bonchev–Trinajstić information content (AvgIpc) is 3.16. The first kappa shape index (κ1) is 19.2. The lowest BCUT2D eigenvalue weighted by Gasteiger charge is -2.06. The zero-order valence-electron chi connectivity index (χ0n) is 14.5. The molecule has 0 saturated carbocycles. The van der Waals surface area contributed by atoms with Gasteiger partial charge >= 0.3 is 5.69 Å². The van der Waals surface area contributed by atoms with Crippen LogP contribution in [0.5, 0.6) is 0 Å². The molecule has 3 aromatic rings. The molecule has 12 heteroatoms. The van der Waals surface area contributed by atoms with Gasteiger partial charge in [0.15, 0.2) is 0 Å². The summed E-state index contributed by atoms with van der Waals surface area (Å²) in [6, 6.07) is 12.5. The molecule has 0 fully saturated rings. The molecule has 0 aliphatic heterocycles. The van der Waals surface area contributed by atoms with Gasteiger partial charge in [0.05, 0.1) is 32.7 Å². The lowest BCUT2D eigenvalue weighted by molar-refractivity contribution is -0.393. The summed E-state index contributed by atoms with van der Waals surface area (Å²) in [6.45, 7) is 0. The summed E-state index contributed by atoms with van der Waals surface area (Å²) in [5.74, 6) is 0. The first-order valence-electron chi connectivity index (χ1n) is 8.01. The van der Waals surface area contributed by atoms with Gasteiger partial charge in [-0.2, -0.15) is 5.10 Å². The predicted octanol–water partition coefficient (Wildman–Crippen LogP) is 3.65. The smallest absolute Gasteiger partial charge is 0.301 e. The third-order valence-corrected chi connectivity index (χ3v) is 3.89. The highest BCUT2D eigenvalue weighted by Crippen LogP contribution is 2.28. The number of nitrogens with zero attached hydrogens (tertiary/aromatic N) is 5. The van der Waals surface area contributed by atoms with Gasteiger partial charge in [-0.25, -0.2) is 0 Å². The number of nitro groups is 3. The van der Waals surface area contributed by atoms with Crippen molar-refractivity contribution < 1.29 is 14.8 Å². The van der Waals surface area contributed by atoms with Crippen molar-refractivity contribution in [1.29, 1.82) is 0 Å². The second kappa shape index (κ2) is 7.96. The summed E-state index contributed by atoms with van der Waals surface area (Å²) < 4.78 is 1.71. The van der Waals surface area contributed by atoms with Gasteiger partial charge in [0.25, 0.3) is 11.4 Å². The molecule has 0 radical (unpaired) electrons. The van der Waals surface area contributed by atoms with E-state index in [2.05, 4.69) is 10.5 Å². The first-order valence-corrected chi connectivity index (χ1v) is 8.01. The van der Waals surface area contributed by atoms with Crippen molar-refractivity contribution in [3.8, 4) is 5.69 Å². The summed E-state index contributed by atoms with van der Waals surface area (Å²) in [5.41, 5.74) is 2.82. The van der Waals surface area contributed by atoms with Gasteiger partial charge in [-0.15, -0.1) is 0 Å². The summed E-state index contributed by atoms with van der Waals surface area (Å²) in [5, 5.41) is 36.6. The SMILES string of the molecule is O=[N+]([O-])c1ccc(-n2cccc2C=NNc2ccc([N+](=O)[O-])cc2[N+](=O)[O-])cc1. The third kappa shape index (κ3) is 4.21. The minimum absolute atomic E-state index is 0.00899. The van der Waals surface area contributed by atoms with Crippen molar-refractivity contribution >= 4 is 29.0 Å². The van der Waals surface area contributed by atoms with E-state index in [0.29, 0.717) is 11.4 Å². The fourth-order valence-corrected chi connectivity index (χ4v) is 2.52. The van der Waals surface area contributed by atoms with E-state index < -0.39 is 26.1 Å². The van der Waals surface area contributed by atoms with Gasteiger partial charge in [-0.3, -0.25) is 35.8 Å². The Hall–Kier alpha value is -4.61. The molecule has 0 aliphatic carbocycles. The topological polar surface area (TPSA) is 159 Å². The van der Waals surface area contributed by atoms with E-state index in [-0.39, 0.29) is 11.4 Å². The Kier molecular flexibility index (Phi) is 5.26. The highest BCUT2D eigenvalue weighted by atomic mass is 16.6. The second-order valence-electron chi connectivity index (χ2n) is 5.66. The number of rotatable bonds is 7. The number of hydrazone groups is 1. The van der Waals surface area contributed by atoms with Crippen LogP contribution in [0.2, 0.25) is 0 Å². The van der Waals surface area contributed by atoms with E-state index >= 15 is 0 Å². The van der Waals surface area contributed by atoms with Gasteiger partial charge < -0.3 is 4.57 Å². The molecule has 0 saturated heterocycles. The van der Waals surface area contributed by atoms with Gasteiger partial charge in [-0.05, 0) is 30.3 Å². The maximum Gasteiger partial charge on any atom is 0.301 e. The molecule has 146 valence electrons. The highest BCUT2D eigenvalue weighted by molar-refractivity contribution is 5.80. The molecule has 0 spiro atoms. The van der Waals surface area contributed by atoms with Crippen LogP contribution in [0.1, 0.15) is 5.69 Å². The minimum atomic E-state index is -0.746. The molecular formula is C17H12N6O6. The van der Waals surface area contributed by atoms with E-state index in [9.17, 15) is 30.3 Å². The van der Waals surface area contributed by atoms with Crippen LogP contribution >= 0.6 is 0 Å². The van der Waals surface area contributed by atoms with Crippen LogP contribution < -0.4 is 5.43 Å². The first-order chi connectivity index (χ1) is 13.9. The number of nitrogens with one attached hydrogen (secondary N) is 1. The molecule has 2 aromatic carbocycles.